The van der Waals surface area contributed by atoms with E-state index >= 15 is 0 Å². The molecule has 106 valence electrons. The third-order valence-corrected chi connectivity index (χ3v) is 3.48. The summed E-state index contributed by atoms with van der Waals surface area (Å²) in [5, 5.41) is 9.09. The van der Waals surface area contributed by atoms with Crippen molar-refractivity contribution in [1.29, 1.82) is 0 Å². The Hall–Kier alpha value is -0.610. The zero-order valence-electron chi connectivity index (χ0n) is 11.9. The molecule has 18 heavy (non-hydrogen) atoms. The van der Waals surface area contributed by atoms with E-state index in [0.717, 1.165) is 32.5 Å². The molecule has 0 aromatic heterocycles. The first kappa shape index (κ1) is 15.4. The van der Waals surface area contributed by atoms with Crippen LogP contribution in [0.2, 0.25) is 0 Å². The standard InChI is InChI=1S/C14H27NO3/c1-11(2)4-6-18-7-5-15-9-12(3)8-13(10-15)14(16)17/h11-13H,4-10H2,1-3H3,(H,16,17). The van der Waals surface area contributed by atoms with Crippen molar-refractivity contribution in [2.24, 2.45) is 17.8 Å². The van der Waals surface area contributed by atoms with Crippen molar-refractivity contribution in [2.45, 2.75) is 33.6 Å². The second-order valence-electron chi connectivity index (χ2n) is 5.93. The van der Waals surface area contributed by atoms with Gasteiger partial charge in [0.2, 0.25) is 0 Å². The van der Waals surface area contributed by atoms with Crippen molar-refractivity contribution in [3.63, 3.8) is 0 Å². The fourth-order valence-corrected chi connectivity index (χ4v) is 2.44. The molecule has 0 aromatic rings. The summed E-state index contributed by atoms with van der Waals surface area (Å²) in [4.78, 5) is 13.3. The lowest BCUT2D eigenvalue weighted by atomic mass is 9.90. The van der Waals surface area contributed by atoms with Crippen LogP contribution in [0.4, 0.5) is 0 Å². The maximum absolute atomic E-state index is 11.0. The number of likely N-dealkylation sites (tertiary alicyclic amines) is 1. The van der Waals surface area contributed by atoms with E-state index in [9.17, 15) is 4.79 Å². The number of rotatable bonds is 7. The summed E-state index contributed by atoms with van der Waals surface area (Å²) in [6.45, 7) is 10.5. The largest absolute Gasteiger partial charge is 0.481 e. The number of nitrogens with zero attached hydrogens (tertiary/aromatic N) is 1. The van der Waals surface area contributed by atoms with E-state index in [1.165, 1.54) is 0 Å². The molecule has 0 bridgehead atoms. The van der Waals surface area contributed by atoms with E-state index in [1.54, 1.807) is 0 Å². The molecule has 0 aromatic carbocycles. The lowest BCUT2D eigenvalue weighted by molar-refractivity contribution is -0.144. The second-order valence-corrected chi connectivity index (χ2v) is 5.93. The summed E-state index contributed by atoms with van der Waals surface area (Å²) in [6.07, 6.45) is 1.90. The van der Waals surface area contributed by atoms with Gasteiger partial charge in [-0.15, -0.1) is 0 Å². The van der Waals surface area contributed by atoms with Gasteiger partial charge in [0.1, 0.15) is 0 Å². The fourth-order valence-electron chi connectivity index (χ4n) is 2.44. The number of carbonyl (C=O) groups is 1. The summed E-state index contributed by atoms with van der Waals surface area (Å²) in [6, 6.07) is 0. The van der Waals surface area contributed by atoms with Gasteiger partial charge in [-0.25, -0.2) is 0 Å². The van der Waals surface area contributed by atoms with Crippen molar-refractivity contribution in [1.82, 2.24) is 4.90 Å². The third-order valence-electron chi connectivity index (χ3n) is 3.48. The van der Waals surface area contributed by atoms with Crippen molar-refractivity contribution in [3.05, 3.63) is 0 Å². The van der Waals surface area contributed by atoms with E-state index in [2.05, 4.69) is 25.7 Å². The zero-order valence-corrected chi connectivity index (χ0v) is 11.9. The Morgan fingerprint density at radius 2 is 2.11 bits per heavy atom. The second kappa shape index (κ2) is 7.74. The number of ether oxygens (including phenoxy) is 1. The molecule has 4 nitrogen and oxygen atoms in total. The SMILES string of the molecule is CC(C)CCOCCN1CC(C)CC(C(=O)O)C1. The average molecular weight is 257 g/mol. The quantitative estimate of drug-likeness (QED) is 0.710. The number of hydrogen-bond acceptors (Lipinski definition) is 3. The minimum atomic E-state index is -0.660. The summed E-state index contributed by atoms with van der Waals surface area (Å²) in [7, 11) is 0. The Bertz CT molecular complexity index is 255. The molecule has 1 aliphatic rings. The molecule has 0 saturated carbocycles. The molecule has 2 unspecified atom stereocenters. The van der Waals surface area contributed by atoms with Gasteiger partial charge in [-0.3, -0.25) is 9.69 Å². The summed E-state index contributed by atoms with van der Waals surface area (Å²) in [5.74, 6) is 0.281. The summed E-state index contributed by atoms with van der Waals surface area (Å²) in [5.41, 5.74) is 0. The number of piperidine rings is 1. The molecule has 0 aliphatic carbocycles. The Balaban J connectivity index is 2.19. The van der Waals surface area contributed by atoms with Crippen LogP contribution in [0.5, 0.6) is 0 Å². The number of aliphatic carboxylic acids is 1. The maximum Gasteiger partial charge on any atom is 0.307 e. The molecule has 0 radical (unpaired) electrons. The molecule has 0 amide bonds. The molecule has 1 aliphatic heterocycles. The molecule has 2 atom stereocenters. The van der Waals surface area contributed by atoms with Crippen molar-refractivity contribution < 1.29 is 14.6 Å². The Kier molecular flexibility index (Phi) is 6.65. The van der Waals surface area contributed by atoms with Gasteiger partial charge in [0.05, 0.1) is 12.5 Å². The highest BCUT2D eigenvalue weighted by Gasteiger charge is 2.28. The number of hydrogen-bond donors (Lipinski definition) is 1. The van der Waals surface area contributed by atoms with Crippen LogP contribution in [-0.4, -0.2) is 48.8 Å². The molecule has 1 N–H and O–H groups in total. The van der Waals surface area contributed by atoms with Crippen molar-refractivity contribution in [2.75, 3.05) is 32.8 Å². The first-order chi connectivity index (χ1) is 8.49. The predicted molar refractivity (Wildman–Crippen MR) is 71.6 cm³/mol. The van der Waals surface area contributed by atoms with E-state index in [0.29, 0.717) is 25.0 Å². The topological polar surface area (TPSA) is 49.8 Å². The lowest BCUT2D eigenvalue weighted by Gasteiger charge is -2.34. The molecule has 0 spiro atoms. The summed E-state index contributed by atoms with van der Waals surface area (Å²) >= 11 is 0. The maximum atomic E-state index is 11.0. The van der Waals surface area contributed by atoms with Crippen LogP contribution < -0.4 is 0 Å². The van der Waals surface area contributed by atoms with Crippen LogP contribution in [0.25, 0.3) is 0 Å². The fraction of sp³-hybridized carbons (Fsp3) is 0.929. The van der Waals surface area contributed by atoms with Crippen LogP contribution in [0.15, 0.2) is 0 Å². The minimum Gasteiger partial charge on any atom is -0.481 e. The third kappa shape index (κ3) is 5.83. The van der Waals surface area contributed by atoms with Crippen molar-refractivity contribution >= 4 is 5.97 Å². The highest BCUT2D eigenvalue weighted by Crippen LogP contribution is 2.21. The normalized spacial score (nSPS) is 25.6. The zero-order chi connectivity index (χ0) is 13.5. The van der Waals surface area contributed by atoms with Gasteiger partial charge in [0.25, 0.3) is 0 Å². The van der Waals surface area contributed by atoms with Crippen LogP contribution in [0, 0.1) is 17.8 Å². The van der Waals surface area contributed by atoms with Crippen LogP contribution in [-0.2, 0) is 9.53 Å². The monoisotopic (exact) mass is 257 g/mol. The Labute approximate surface area is 110 Å². The minimum absolute atomic E-state index is 0.204. The molecule has 1 rings (SSSR count). The van der Waals surface area contributed by atoms with Gasteiger partial charge in [-0.2, -0.15) is 0 Å². The van der Waals surface area contributed by atoms with E-state index < -0.39 is 5.97 Å². The molecule has 1 heterocycles. The van der Waals surface area contributed by atoms with Crippen LogP contribution in [0.1, 0.15) is 33.6 Å². The summed E-state index contributed by atoms with van der Waals surface area (Å²) < 4.78 is 5.59. The highest BCUT2D eigenvalue weighted by atomic mass is 16.5. The lowest BCUT2D eigenvalue weighted by Crippen LogP contribution is -2.43. The van der Waals surface area contributed by atoms with Crippen LogP contribution in [0.3, 0.4) is 0 Å². The van der Waals surface area contributed by atoms with Gasteiger partial charge in [0, 0.05) is 26.2 Å². The molecule has 1 saturated heterocycles. The van der Waals surface area contributed by atoms with E-state index in [1.807, 2.05) is 0 Å². The van der Waals surface area contributed by atoms with Gasteiger partial charge >= 0.3 is 5.97 Å². The van der Waals surface area contributed by atoms with E-state index in [4.69, 9.17) is 9.84 Å². The first-order valence-electron chi connectivity index (χ1n) is 7.02. The molecule has 1 fully saturated rings. The first-order valence-corrected chi connectivity index (χ1v) is 7.02. The Morgan fingerprint density at radius 1 is 1.39 bits per heavy atom. The van der Waals surface area contributed by atoms with Gasteiger partial charge in [-0.05, 0) is 24.7 Å². The number of carboxylic acid groups (broad SMARTS) is 1. The highest BCUT2D eigenvalue weighted by molar-refractivity contribution is 5.70. The number of carboxylic acids is 1. The van der Waals surface area contributed by atoms with Gasteiger partial charge < -0.3 is 9.84 Å². The van der Waals surface area contributed by atoms with E-state index in [-0.39, 0.29) is 5.92 Å². The van der Waals surface area contributed by atoms with Gasteiger partial charge in [0.15, 0.2) is 0 Å². The Morgan fingerprint density at radius 3 is 2.72 bits per heavy atom. The molecular formula is C14H27NO3. The van der Waals surface area contributed by atoms with Gasteiger partial charge in [-0.1, -0.05) is 20.8 Å². The smallest absolute Gasteiger partial charge is 0.307 e. The van der Waals surface area contributed by atoms with Crippen molar-refractivity contribution in [3.8, 4) is 0 Å². The average Bonchev–Trinajstić information content (AvgIpc) is 2.27. The molecule has 4 heteroatoms. The predicted octanol–water partition coefficient (Wildman–Crippen LogP) is 2.09. The van der Waals surface area contributed by atoms with Crippen LogP contribution >= 0.6 is 0 Å². The molecular weight excluding hydrogens is 230 g/mol.